The SMILES string of the molecule is CC(C)(C)c1ccc2c(c1)[cH-]c1cc(C(C)(C)C)ccc12.CC1=[C-]CC=C1C.[Cl-].[Cl-].[Zr+4]. The van der Waals surface area contributed by atoms with Gasteiger partial charge in [0.05, 0.1) is 0 Å². The molecule has 1 aliphatic carbocycles. The van der Waals surface area contributed by atoms with Crippen molar-refractivity contribution in [2.45, 2.75) is 72.6 Å². The average Bonchev–Trinajstić information content (AvgIpc) is 3.15. The largest absolute Gasteiger partial charge is 4.00 e. The van der Waals surface area contributed by atoms with E-state index in [1.54, 1.807) is 0 Å². The Labute approximate surface area is 220 Å². The molecule has 3 heteroatoms. The molecule has 0 atom stereocenters. The summed E-state index contributed by atoms with van der Waals surface area (Å²) in [6.07, 6.45) is 6.41. The van der Waals surface area contributed by atoms with Crippen molar-refractivity contribution in [2.24, 2.45) is 0 Å². The number of halogens is 2. The summed E-state index contributed by atoms with van der Waals surface area (Å²) in [5, 5.41) is 5.48. The van der Waals surface area contributed by atoms with E-state index in [-0.39, 0.29) is 61.8 Å². The van der Waals surface area contributed by atoms with Crippen molar-refractivity contribution in [1.29, 1.82) is 0 Å². The molecule has 1 aliphatic rings. The number of hydrogen-bond donors (Lipinski definition) is 0. The minimum absolute atomic E-state index is 0. The van der Waals surface area contributed by atoms with Gasteiger partial charge in [-0.15, -0.1) is 53.1 Å². The summed E-state index contributed by atoms with van der Waals surface area (Å²) in [6, 6.07) is 16.2. The van der Waals surface area contributed by atoms with Gasteiger partial charge in [0.15, 0.2) is 0 Å². The molecule has 0 radical (unpaired) electrons. The van der Waals surface area contributed by atoms with Gasteiger partial charge >= 0.3 is 26.2 Å². The van der Waals surface area contributed by atoms with Gasteiger partial charge in [0.2, 0.25) is 0 Å². The normalized spacial score (nSPS) is 13.3. The molecule has 0 amide bonds. The van der Waals surface area contributed by atoms with Gasteiger partial charge in [-0.3, -0.25) is 6.08 Å². The van der Waals surface area contributed by atoms with E-state index in [1.807, 2.05) is 0 Å². The first kappa shape index (κ1) is 30.3. The Kier molecular flexibility index (Phi) is 11.1. The molecule has 0 N–H and O–H groups in total. The summed E-state index contributed by atoms with van der Waals surface area (Å²) < 4.78 is 0. The molecule has 0 saturated heterocycles. The van der Waals surface area contributed by atoms with E-state index in [1.165, 1.54) is 43.8 Å². The molecular formula is C28H34Cl2Zr. The van der Waals surface area contributed by atoms with Gasteiger partial charge in [-0.1, -0.05) is 83.9 Å². The predicted molar refractivity (Wildman–Crippen MR) is 125 cm³/mol. The molecule has 3 aromatic carbocycles. The molecule has 0 nitrogen and oxygen atoms in total. The van der Waals surface area contributed by atoms with Crippen molar-refractivity contribution in [3.05, 3.63) is 76.9 Å². The molecule has 0 unspecified atom stereocenters. The summed E-state index contributed by atoms with van der Waals surface area (Å²) in [5.74, 6) is 0. The van der Waals surface area contributed by atoms with Crippen LogP contribution in [0.5, 0.6) is 0 Å². The number of allylic oxidation sites excluding steroid dienone is 4. The van der Waals surface area contributed by atoms with E-state index in [0.717, 1.165) is 6.42 Å². The van der Waals surface area contributed by atoms with E-state index in [2.05, 4.69) is 110 Å². The minimum Gasteiger partial charge on any atom is -1.00 e. The Morgan fingerprint density at radius 3 is 1.42 bits per heavy atom. The first-order valence-corrected chi connectivity index (χ1v) is 10.4. The van der Waals surface area contributed by atoms with Gasteiger partial charge in [-0.05, 0) is 10.8 Å². The van der Waals surface area contributed by atoms with Crippen molar-refractivity contribution in [1.82, 2.24) is 0 Å². The van der Waals surface area contributed by atoms with Crippen molar-refractivity contribution in [3.63, 3.8) is 0 Å². The maximum Gasteiger partial charge on any atom is 4.00 e. The zero-order chi connectivity index (χ0) is 20.7. The van der Waals surface area contributed by atoms with Crippen LogP contribution >= 0.6 is 0 Å². The van der Waals surface area contributed by atoms with Gasteiger partial charge in [-0.25, -0.2) is 11.1 Å². The summed E-state index contributed by atoms with van der Waals surface area (Å²) >= 11 is 0. The second-order valence-electron chi connectivity index (χ2n) is 10.1. The molecule has 0 heterocycles. The standard InChI is InChI=1S/C21H25.C7H9.2ClH.Zr/c1-20(2,3)16-7-9-18-14(12-16)11-15-13-17(21(4,5)6)8-10-19(15)18;1-6-4-3-5-7(6)2;;;/h7-13H,1-6H3;4H,3H2,1-2H3;2*1H;/q2*-1;;;+4/p-2. The van der Waals surface area contributed by atoms with Crippen molar-refractivity contribution in [3.8, 4) is 0 Å². The Balaban J connectivity index is 0.000000777. The van der Waals surface area contributed by atoms with Crippen LogP contribution in [0.4, 0.5) is 0 Å². The average molecular weight is 533 g/mol. The van der Waals surface area contributed by atoms with Crippen LogP contribution in [0.2, 0.25) is 0 Å². The van der Waals surface area contributed by atoms with Gasteiger partial charge in [0.1, 0.15) is 0 Å². The van der Waals surface area contributed by atoms with Crippen LogP contribution in [-0.2, 0) is 37.0 Å². The maximum absolute atomic E-state index is 3.19. The maximum atomic E-state index is 3.19. The number of fused-ring (bicyclic) bond motifs is 3. The van der Waals surface area contributed by atoms with Crippen LogP contribution in [-0.4, -0.2) is 0 Å². The fourth-order valence-corrected chi connectivity index (χ4v) is 3.61. The van der Waals surface area contributed by atoms with Crippen LogP contribution in [0.25, 0.3) is 21.5 Å². The van der Waals surface area contributed by atoms with E-state index in [0.29, 0.717) is 0 Å². The fraction of sp³-hybridized carbons (Fsp3) is 0.393. The first-order valence-electron chi connectivity index (χ1n) is 10.4. The monoisotopic (exact) mass is 530 g/mol. The van der Waals surface area contributed by atoms with Crippen LogP contribution in [0.1, 0.15) is 72.9 Å². The van der Waals surface area contributed by atoms with Crippen LogP contribution in [0.15, 0.2) is 59.7 Å². The number of benzene rings is 2. The van der Waals surface area contributed by atoms with E-state index in [4.69, 9.17) is 0 Å². The minimum atomic E-state index is 0. The molecule has 164 valence electrons. The van der Waals surface area contributed by atoms with Gasteiger partial charge < -0.3 is 24.8 Å². The third kappa shape index (κ3) is 7.12. The van der Waals surface area contributed by atoms with E-state index in [9.17, 15) is 0 Å². The number of rotatable bonds is 0. The molecule has 4 rings (SSSR count). The van der Waals surface area contributed by atoms with E-state index >= 15 is 0 Å². The second kappa shape index (κ2) is 11.4. The number of hydrogen-bond acceptors (Lipinski definition) is 0. The molecular weight excluding hydrogens is 498 g/mol. The molecule has 3 aromatic rings. The molecule has 31 heavy (non-hydrogen) atoms. The molecule has 0 bridgehead atoms. The quantitative estimate of drug-likeness (QED) is 0.390. The molecule has 0 saturated carbocycles. The van der Waals surface area contributed by atoms with Crippen molar-refractivity contribution < 1.29 is 51.0 Å². The molecule has 0 spiro atoms. The van der Waals surface area contributed by atoms with Gasteiger partial charge in [0, 0.05) is 0 Å². The van der Waals surface area contributed by atoms with Crippen molar-refractivity contribution in [2.75, 3.05) is 0 Å². The predicted octanol–water partition coefficient (Wildman–Crippen LogP) is 2.40. The summed E-state index contributed by atoms with van der Waals surface area (Å²) in [4.78, 5) is 0. The topological polar surface area (TPSA) is 0 Å². The van der Waals surface area contributed by atoms with Crippen LogP contribution < -0.4 is 24.8 Å². The summed E-state index contributed by atoms with van der Waals surface area (Å²) in [7, 11) is 0. The zero-order valence-corrected chi connectivity index (χ0v) is 24.1. The first-order chi connectivity index (χ1) is 13.0. The summed E-state index contributed by atoms with van der Waals surface area (Å²) in [5.41, 5.74) is 5.92. The van der Waals surface area contributed by atoms with Crippen LogP contribution in [0.3, 0.4) is 0 Å². The van der Waals surface area contributed by atoms with E-state index < -0.39 is 0 Å². The van der Waals surface area contributed by atoms with Crippen LogP contribution in [0, 0.1) is 6.08 Å². The third-order valence-corrected chi connectivity index (χ3v) is 5.80. The van der Waals surface area contributed by atoms with Gasteiger partial charge in [0.25, 0.3) is 0 Å². The van der Waals surface area contributed by atoms with Crippen molar-refractivity contribution >= 4 is 21.5 Å². The zero-order valence-electron chi connectivity index (χ0n) is 20.1. The smallest absolute Gasteiger partial charge is 1.00 e. The van der Waals surface area contributed by atoms with Gasteiger partial charge in [-0.2, -0.15) is 6.08 Å². The Morgan fingerprint density at radius 2 is 1.16 bits per heavy atom. The Morgan fingerprint density at radius 1 is 0.742 bits per heavy atom. The molecule has 0 aromatic heterocycles. The summed E-state index contributed by atoms with van der Waals surface area (Å²) in [6.45, 7) is 17.9. The second-order valence-corrected chi connectivity index (χ2v) is 10.1. The fourth-order valence-electron chi connectivity index (χ4n) is 3.61. The Hall–Kier alpha value is -0.747. The Bertz CT molecular complexity index is 986. The molecule has 0 aliphatic heterocycles. The molecule has 0 fully saturated rings. The third-order valence-electron chi connectivity index (χ3n) is 5.80.